The summed E-state index contributed by atoms with van der Waals surface area (Å²) in [7, 11) is 0. The summed E-state index contributed by atoms with van der Waals surface area (Å²) in [6.45, 7) is 0. The van der Waals surface area contributed by atoms with Crippen molar-refractivity contribution in [3.8, 4) is 16.9 Å². The molecule has 0 aliphatic heterocycles. The fourth-order valence-electron chi connectivity index (χ4n) is 3.74. The topological polar surface area (TPSA) is 46.9 Å². The molecule has 4 nitrogen and oxygen atoms in total. The number of rotatable bonds is 4. The summed E-state index contributed by atoms with van der Waals surface area (Å²) in [6.07, 6.45) is 7.06. The average molecular weight is 359 g/mol. The smallest absolute Gasteiger partial charge is 0.270 e. The minimum atomic E-state index is -0.0413. The van der Waals surface area contributed by atoms with Gasteiger partial charge in [-0.3, -0.25) is 4.79 Å². The molecular weight excluding hydrogens is 334 g/mol. The third-order valence-electron chi connectivity index (χ3n) is 5.20. The Morgan fingerprint density at radius 3 is 2.19 bits per heavy atom. The molecule has 1 fully saturated rings. The first-order valence-electron chi connectivity index (χ1n) is 9.83. The van der Waals surface area contributed by atoms with Crippen molar-refractivity contribution in [2.75, 3.05) is 0 Å². The third-order valence-corrected chi connectivity index (χ3v) is 5.20. The number of hydrogen-bond acceptors (Lipinski definition) is 2. The van der Waals surface area contributed by atoms with Crippen molar-refractivity contribution < 1.29 is 4.79 Å². The number of benzene rings is 2. The molecule has 1 amide bonds. The zero-order valence-corrected chi connectivity index (χ0v) is 15.5. The van der Waals surface area contributed by atoms with Crippen molar-refractivity contribution in [2.45, 2.75) is 44.6 Å². The lowest BCUT2D eigenvalue weighted by atomic mass is 10.1. The quantitative estimate of drug-likeness (QED) is 0.667. The van der Waals surface area contributed by atoms with Crippen molar-refractivity contribution in [3.05, 3.63) is 72.4 Å². The van der Waals surface area contributed by atoms with Crippen LogP contribution >= 0.6 is 0 Å². The fraction of sp³-hybridized carbons (Fsp3) is 0.304. The summed E-state index contributed by atoms with van der Waals surface area (Å²) in [5.74, 6) is -0.0413. The molecule has 0 saturated heterocycles. The van der Waals surface area contributed by atoms with Crippen molar-refractivity contribution >= 4 is 5.91 Å². The molecule has 27 heavy (non-hydrogen) atoms. The van der Waals surface area contributed by atoms with Crippen LogP contribution in [0.2, 0.25) is 0 Å². The van der Waals surface area contributed by atoms with Crippen LogP contribution < -0.4 is 5.32 Å². The summed E-state index contributed by atoms with van der Waals surface area (Å²) in [4.78, 5) is 13.1. The van der Waals surface area contributed by atoms with Crippen LogP contribution in [0.25, 0.3) is 16.9 Å². The van der Waals surface area contributed by atoms with Crippen LogP contribution in [-0.4, -0.2) is 21.7 Å². The first kappa shape index (κ1) is 17.5. The van der Waals surface area contributed by atoms with Crippen LogP contribution in [-0.2, 0) is 0 Å². The second-order valence-corrected chi connectivity index (χ2v) is 7.19. The molecule has 0 unspecified atom stereocenters. The summed E-state index contributed by atoms with van der Waals surface area (Å²) in [5, 5.41) is 7.99. The molecule has 3 aromatic rings. The second-order valence-electron chi connectivity index (χ2n) is 7.19. The number of carbonyl (C=O) groups excluding carboxylic acids is 1. The zero-order valence-electron chi connectivity index (χ0n) is 15.5. The van der Waals surface area contributed by atoms with Crippen molar-refractivity contribution in [1.29, 1.82) is 0 Å². The van der Waals surface area contributed by atoms with E-state index in [1.807, 2.05) is 66.7 Å². The Hall–Kier alpha value is -2.88. The molecule has 1 heterocycles. The molecule has 0 atom stereocenters. The number of hydrogen-bond donors (Lipinski definition) is 1. The molecule has 1 aliphatic rings. The summed E-state index contributed by atoms with van der Waals surface area (Å²) < 4.78 is 1.76. The van der Waals surface area contributed by atoms with Crippen LogP contribution in [0.5, 0.6) is 0 Å². The van der Waals surface area contributed by atoms with Gasteiger partial charge in [-0.05, 0) is 31.0 Å². The normalized spacial score (nSPS) is 15.3. The van der Waals surface area contributed by atoms with Crippen molar-refractivity contribution in [2.24, 2.45) is 0 Å². The van der Waals surface area contributed by atoms with E-state index in [0.29, 0.717) is 5.69 Å². The highest BCUT2D eigenvalue weighted by Gasteiger charge is 2.21. The predicted octanol–water partition coefficient (Wildman–Crippen LogP) is 4.99. The monoisotopic (exact) mass is 359 g/mol. The molecule has 4 rings (SSSR count). The van der Waals surface area contributed by atoms with Gasteiger partial charge < -0.3 is 5.32 Å². The van der Waals surface area contributed by atoms with Gasteiger partial charge in [-0.25, -0.2) is 4.68 Å². The molecule has 0 bridgehead atoms. The van der Waals surface area contributed by atoms with Crippen molar-refractivity contribution in [1.82, 2.24) is 15.1 Å². The lowest BCUT2D eigenvalue weighted by molar-refractivity contribution is 0.0925. The Morgan fingerprint density at radius 2 is 1.52 bits per heavy atom. The van der Waals surface area contributed by atoms with Crippen LogP contribution in [0.15, 0.2) is 66.7 Å². The SMILES string of the molecule is O=C(NC1CCCCCC1)c1cc(-c2ccccc2)nn1-c1ccccc1. The van der Waals surface area contributed by atoms with E-state index < -0.39 is 0 Å². The van der Waals surface area contributed by atoms with Gasteiger partial charge in [0, 0.05) is 11.6 Å². The average Bonchev–Trinajstić information content (AvgIpc) is 3.02. The summed E-state index contributed by atoms with van der Waals surface area (Å²) >= 11 is 0. The second kappa shape index (κ2) is 8.21. The Morgan fingerprint density at radius 1 is 0.889 bits per heavy atom. The lowest BCUT2D eigenvalue weighted by Gasteiger charge is -2.16. The van der Waals surface area contributed by atoms with Crippen LogP contribution in [0.1, 0.15) is 49.0 Å². The van der Waals surface area contributed by atoms with E-state index in [1.54, 1.807) is 4.68 Å². The van der Waals surface area contributed by atoms with Gasteiger partial charge in [0.1, 0.15) is 5.69 Å². The van der Waals surface area contributed by atoms with Gasteiger partial charge in [0.15, 0.2) is 0 Å². The molecule has 1 N–H and O–H groups in total. The highest BCUT2D eigenvalue weighted by Crippen LogP contribution is 2.23. The van der Waals surface area contributed by atoms with Gasteiger partial charge in [-0.15, -0.1) is 0 Å². The molecule has 2 aromatic carbocycles. The van der Waals surface area contributed by atoms with E-state index in [9.17, 15) is 4.79 Å². The standard InChI is InChI=1S/C23H25N3O/c27-23(24-19-13-7-1-2-8-14-19)22-17-21(18-11-5-3-6-12-18)25-26(22)20-15-9-4-10-16-20/h3-6,9-12,15-17,19H,1-2,7-8,13-14H2,(H,24,27). The van der Waals surface area contributed by atoms with E-state index >= 15 is 0 Å². The highest BCUT2D eigenvalue weighted by molar-refractivity contribution is 5.94. The highest BCUT2D eigenvalue weighted by atomic mass is 16.2. The Balaban J connectivity index is 1.67. The number of carbonyl (C=O) groups is 1. The molecular formula is C23H25N3O. The van der Waals surface area contributed by atoms with Gasteiger partial charge >= 0.3 is 0 Å². The molecule has 138 valence electrons. The van der Waals surface area contributed by atoms with E-state index in [4.69, 9.17) is 5.10 Å². The van der Waals surface area contributed by atoms with Crippen LogP contribution in [0.4, 0.5) is 0 Å². The van der Waals surface area contributed by atoms with E-state index in [0.717, 1.165) is 29.8 Å². The van der Waals surface area contributed by atoms with Crippen LogP contribution in [0, 0.1) is 0 Å². The number of amides is 1. The number of nitrogens with one attached hydrogen (secondary N) is 1. The Labute approximate surface area is 160 Å². The first-order chi connectivity index (χ1) is 13.3. The molecule has 0 radical (unpaired) electrons. The zero-order chi connectivity index (χ0) is 18.5. The number of aromatic nitrogens is 2. The Kier molecular flexibility index (Phi) is 5.33. The molecule has 1 saturated carbocycles. The van der Waals surface area contributed by atoms with Gasteiger partial charge in [-0.2, -0.15) is 5.10 Å². The number of para-hydroxylation sites is 1. The van der Waals surface area contributed by atoms with E-state index in [1.165, 1.54) is 25.7 Å². The van der Waals surface area contributed by atoms with Crippen LogP contribution in [0.3, 0.4) is 0 Å². The molecule has 0 spiro atoms. The first-order valence-corrected chi connectivity index (χ1v) is 9.83. The van der Waals surface area contributed by atoms with E-state index in [-0.39, 0.29) is 11.9 Å². The maximum absolute atomic E-state index is 13.1. The number of nitrogens with zero attached hydrogens (tertiary/aromatic N) is 2. The minimum Gasteiger partial charge on any atom is -0.348 e. The molecule has 4 heteroatoms. The molecule has 1 aliphatic carbocycles. The summed E-state index contributed by atoms with van der Waals surface area (Å²) in [5.41, 5.74) is 3.30. The van der Waals surface area contributed by atoms with E-state index in [2.05, 4.69) is 5.32 Å². The fourth-order valence-corrected chi connectivity index (χ4v) is 3.74. The maximum Gasteiger partial charge on any atom is 0.270 e. The van der Waals surface area contributed by atoms with Gasteiger partial charge in [0.2, 0.25) is 0 Å². The predicted molar refractivity (Wildman–Crippen MR) is 108 cm³/mol. The van der Waals surface area contributed by atoms with Gasteiger partial charge in [-0.1, -0.05) is 74.2 Å². The maximum atomic E-state index is 13.1. The van der Waals surface area contributed by atoms with Crippen molar-refractivity contribution in [3.63, 3.8) is 0 Å². The Bertz CT molecular complexity index is 879. The van der Waals surface area contributed by atoms with Gasteiger partial charge in [0.25, 0.3) is 5.91 Å². The third kappa shape index (κ3) is 4.11. The summed E-state index contributed by atoms with van der Waals surface area (Å²) in [6, 6.07) is 22.0. The molecule has 1 aromatic heterocycles. The van der Waals surface area contributed by atoms with Gasteiger partial charge in [0.05, 0.1) is 11.4 Å². The lowest BCUT2D eigenvalue weighted by Crippen LogP contribution is -2.35. The minimum absolute atomic E-state index is 0.0413. The largest absolute Gasteiger partial charge is 0.348 e.